The van der Waals surface area contributed by atoms with Crippen LogP contribution in [0.4, 0.5) is 0 Å². The van der Waals surface area contributed by atoms with Crippen LogP contribution in [0.1, 0.15) is 27.0 Å². The second-order valence-corrected chi connectivity index (χ2v) is 5.78. The van der Waals surface area contributed by atoms with Gasteiger partial charge >= 0.3 is 0 Å². The normalized spacial score (nSPS) is 11.1. The molecule has 0 bridgehead atoms. The Morgan fingerprint density at radius 1 is 1.04 bits per heavy atom. The molecule has 3 rings (SSSR count). The second-order valence-electron chi connectivity index (χ2n) is 5.78. The van der Waals surface area contributed by atoms with E-state index in [-0.39, 0.29) is 11.3 Å². The number of fused-ring (bicyclic) bond motifs is 1. The molecule has 120 valence electrons. The molecule has 0 aliphatic heterocycles. The zero-order chi connectivity index (χ0) is 17.1. The number of nitrogens with zero attached hydrogens (tertiary/aromatic N) is 1. The number of carbonyl (C=O) groups excluding carboxylic acids is 1. The average Bonchev–Trinajstić information content (AvgIpc) is 2.57. The van der Waals surface area contributed by atoms with Crippen molar-refractivity contribution in [1.82, 2.24) is 5.43 Å². The largest absolute Gasteiger partial charge is 0.507 e. The van der Waals surface area contributed by atoms with Crippen LogP contribution < -0.4 is 5.43 Å². The van der Waals surface area contributed by atoms with Crippen LogP contribution in [0.2, 0.25) is 0 Å². The van der Waals surface area contributed by atoms with Gasteiger partial charge in [-0.15, -0.1) is 0 Å². The highest BCUT2D eigenvalue weighted by Crippen LogP contribution is 2.24. The Morgan fingerprint density at radius 2 is 1.75 bits per heavy atom. The summed E-state index contributed by atoms with van der Waals surface area (Å²) < 4.78 is 0. The standard InChI is InChI=1S/C20H18N2O2/c1-13-7-8-14(2)17(9-13)12-21-22-20(24)18-10-15-5-3-4-6-16(15)11-19(18)23/h3-12,23H,1-2H3,(H,22,24). The fourth-order valence-corrected chi connectivity index (χ4v) is 2.53. The third-order valence-corrected chi connectivity index (χ3v) is 3.91. The molecule has 0 aromatic heterocycles. The minimum atomic E-state index is -0.445. The first-order valence-electron chi connectivity index (χ1n) is 7.67. The molecule has 24 heavy (non-hydrogen) atoms. The molecule has 4 heteroatoms. The van der Waals surface area contributed by atoms with Crippen LogP contribution in [0.25, 0.3) is 10.8 Å². The van der Waals surface area contributed by atoms with Crippen LogP contribution >= 0.6 is 0 Å². The number of nitrogens with one attached hydrogen (secondary N) is 1. The highest BCUT2D eigenvalue weighted by Gasteiger charge is 2.11. The Kier molecular flexibility index (Phi) is 4.29. The predicted octanol–water partition coefficient (Wildman–Crippen LogP) is 3.93. The number of aryl methyl sites for hydroxylation is 2. The smallest absolute Gasteiger partial charge is 0.275 e. The van der Waals surface area contributed by atoms with Gasteiger partial charge in [0.25, 0.3) is 5.91 Å². The van der Waals surface area contributed by atoms with Crippen LogP contribution in [0, 0.1) is 13.8 Å². The number of phenolic OH excluding ortho intramolecular Hbond substituents is 1. The first-order valence-corrected chi connectivity index (χ1v) is 7.67. The summed E-state index contributed by atoms with van der Waals surface area (Å²) in [6.07, 6.45) is 1.61. The fourth-order valence-electron chi connectivity index (χ4n) is 2.53. The molecule has 0 saturated carbocycles. The Bertz CT molecular complexity index is 946. The van der Waals surface area contributed by atoms with Crippen molar-refractivity contribution >= 4 is 22.9 Å². The van der Waals surface area contributed by atoms with E-state index in [4.69, 9.17) is 0 Å². The van der Waals surface area contributed by atoms with Crippen molar-refractivity contribution in [3.05, 3.63) is 76.9 Å². The molecule has 1 amide bonds. The van der Waals surface area contributed by atoms with Gasteiger partial charge in [0.1, 0.15) is 5.75 Å². The second kappa shape index (κ2) is 6.54. The molecule has 0 radical (unpaired) electrons. The fraction of sp³-hybridized carbons (Fsp3) is 0.100. The number of hydrogen-bond acceptors (Lipinski definition) is 3. The molecule has 2 N–H and O–H groups in total. The Labute approximate surface area is 140 Å². The van der Waals surface area contributed by atoms with E-state index in [2.05, 4.69) is 10.5 Å². The summed E-state index contributed by atoms with van der Waals surface area (Å²) in [5.74, 6) is -0.507. The summed E-state index contributed by atoms with van der Waals surface area (Å²) in [6.45, 7) is 3.99. The topological polar surface area (TPSA) is 61.7 Å². The van der Waals surface area contributed by atoms with Gasteiger partial charge in [0.15, 0.2) is 0 Å². The number of aromatic hydroxyl groups is 1. The van der Waals surface area contributed by atoms with Crippen molar-refractivity contribution in [3.63, 3.8) is 0 Å². The minimum absolute atomic E-state index is 0.0619. The maximum absolute atomic E-state index is 12.3. The highest BCUT2D eigenvalue weighted by molar-refractivity contribution is 6.01. The molecular formula is C20H18N2O2. The van der Waals surface area contributed by atoms with Crippen molar-refractivity contribution in [2.75, 3.05) is 0 Å². The monoisotopic (exact) mass is 318 g/mol. The van der Waals surface area contributed by atoms with Crippen molar-refractivity contribution < 1.29 is 9.90 Å². The van der Waals surface area contributed by atoms with Gasteiger partial charge in [-0.1, -0.05) is 48.0 Å². The van der Waals surface area contributed by atoms with Gasteiger partial charge in [-0.2, -0.15) is 5.10 Å². The van der Waals surface area contributed by atoms with Crippen LogP contribution in [0.15, 0.2) is 59.7 Å². The van der Waals surface area contributed by atoms with E-state index >= 15 is 0 Å². The Hall–Kier alpha value is -3.14. The number of amides is 1. The molecule has 0 aliphatic rings. The maximum atomic E-state index is 12.3. The van der Waals surface area contributed by atoms with Gasteiger partial charge in [-0.25, -0.2) is 5.43 Å². The summed E-state index contributed by atoms with van der Waals surface area (Å²) >= 11 is 0. The van der Waals surface area contributed by atoms with Gasteiger partial charge in [0, 0.05) is 0 Å². The first kappa shape index (κ1) is 15.7. The predicted molar refractivity (Wildman–Crippen MR) is 96.6 cm³/mol. The first-order chi connectivity index (χ1) is 11.5. The zero-order valence-corrected chi connectivity index (χ0v) is 13.6. The number of hydrazone groups is 1. The lowest BCUT2D eigenvalue weighted by atomic mass is 10.1. The summed E-state index contributed by atoms with van der Waals surface area (Å²) in [7, 11) is 0. The molecular weight excluding hydrogens is 300 g/mol. The Morgan fingerprint density at radius 3 is 2.50 bits per heavy atom. The van der Waals surface area contributed by atoms with Crippen LogP contribution in [-0.2, 0) is 0 Å². The number of rotatable bonds is 3. The van der Waals surface area contributed by atoms with E-state index in [1.807, 2.05) is 56.3 Å². The van der Waals surface area contributed by atoms with E-state index < -0.39 is 5.91 Å². The van der Waals surface area contributed by atoms with Gasteiger partial charge in [0.2, 0.25) is 0 Å². The number of carbonyl (C=O) groups is 1. The van der Waals surface area contributed by atoms with Gasteiger partial charge in [-0.05, 0) is 47.9 Å². The van der Waals surface area contributed by atoms with Gasteiger partial charge in [-0.3, -0.25) is 4.79 Å². The third-order valence-electron chi connectivity index (χ3n) is 3.91. The van der Waals surface area contributed by atoms with Gasteiger partial charge < -0.3 is 5.11 Å². The highest BCUT2D eigenvalue weighted by atomic mass is 16.3. The third kappa shape index (κ3) is 3.27. The van der Waals surface area contributed by atoms with E-state index in [1.54, 1.807) is 18.3 Å². The van der Waals surface area contributed by atoms with E-state index in [9.17, 15) is 9.90 Å². The van der Waals surface area contributed by atoms with E-state index in [1.165, 1.54) is 0 Å². The van der Waals surface area contributed by atoms with Crippen molar-refractivity contribution in [3.8, 4) is 5.75 Å². The summed E-state index contributed by atoms with van der Waals surface area (Å²) in [4.78, 5) is 12.3. The Balaban J connectivity index is 1.81. The average molecular weight is 318 g/mol. The van der Waals surface area contributed by atoms with Crippen LogP contribution in [0.3, 0.4) is 0 Å². The van der Waals surface area contributed by atoms with E-state index in [0.717, 1.165) is 27.5 Å². The summed E-state index contributed by atoms with van der Waals surface area (Å²) in [5.41, 5.74) is 5.82. The lowest BCUT2D eigenvalue weighted by Crippen LogP contribution is -2.17. The lowest BCUT2D eigenvalue weighted by molar-refractivity contribution is 0.0952. The van der Waals surface area contributed by atoms with Crippen LogP contribution in [-0.4, -0.2) is 17.2 Å². The van der Waals surface area contributed by atoms with Crippen molar-refractivity contribution in [2.45, 2.75) is 13.8 Å². The SMILES string of the molecule is Cc1ccc(C)c(C=NNC(=O)c2cc3ccccc3cc2O)c1. The van der Waals surface area contributed by atoms with Gasteiger partial charge in [0.05, 0.1) is 11.8 Å². The molecule has 3 aromatic rings. The number of phenols is 1. The molecule has 0 spiro atoms. The molecule has 3 aromatic carbocycles. The molecule has 0 aliphatic carbocycles. The van der Waals surface area contributed by atoms with Crippen LogP contribution in [0.5, 0.6) is 5.75 Å². The maximum Gasteiger partial charge on any atom is 0.275 e. The number of hydrogen-bond donors (Lipinski definition) is 2. The van der Waals surface area contributed by atoms with Crippen molar-refractivity contribution in [2.24, 2.45) is 5.10 Å². The quantitative estimate of drug-likeness (QED) is 0.568. The number of benzene rings is 3. The lowest BCUT2D eigenvalue weighted by Gasteiger charge is -2.06. The molecule has 4 nitrogen and oxygen atoms in total. The molecule has 0 heterocycles. The zero-order valence-electron chi connectivity index (χ0n) is 13.6. The van der Waals surface area contributed by atoms with E-state index in [0.29, 0.717) is 0 Å². The molecule has 0 atom stereocenters. The summed E-state index contributed by atoms with van der Waals surface area (Å²) in [5, 5.41) is 15.8. The summed E-state index contributed by atoms with van der Waals surface area (Å²) in [6, 6.07) is 16.8. The minimum Gasteiger partial charge on any atom is -0.507 e. The molecule has 0 unspecified atom stereocenters. The molecule has 0 saturated heterocycles. The molecule has 0 fully saturated rings. The van der Waals surface area contributed by atoms with Crippen molar-refractivity contribution in [1.29, 1.82) is 0 Å².